The van der Waals surface area contributed by atoms with Gasteiger partial charge in [0.25, 0.3) is 0 Å². The summed E-state index contributed by atoms with van der Waals surface area (Å²) in [5, 5.41) is 8.62. The Hall–Kier alpha value is -0.260. The average molecular weight is 303 g/mol. The van der Waals surface area contributed by atoms with Gasteiger partial charge in [-0.1, -0.05) is 58.3 Å². The first kappa shape index (κ1) is 22.0. The summed E-state index contributed by atoms with van der Waals surface area (Å²) < 4.78 is 1.00. The Labute approximate surface area is 133 Å². The molecule has 0 bridgehead atoms. The van der Waals surface area contributed by atoms with Crippen LogP contribution in [0.15, 0.2) is 0 Å². The minimum Gasteiger partial charge on any atom is -1.00 e. The van der Waals surface area contributed by atoms with Gasteiger partial charge in [0, 0.05) is 0 Å². The van der Waals surface area contributed by atoms with E-state index in [-0.39, 0.29) is 12.4 Å². The molecule has 0 aliphatic carbocycles. The van der Waals surface area contributed by atoms with Gasteiger partial charge in [-0.25, -0.2) is 0 Å². The van der Waals surface area contributed by atoms with Gasteiger partial charge in [0.15, 0.2) is 0 Å². The van der Waals surface area contributed by atoms with Crippen LogP contribution in [0.1, 0.15) is 77.6 Å². The molecule has 0 fully saturated rings. The number of rotatable bonds is 13. The zero-order valence-corrected chi connectivity index (χ0v) is 14.7. The zero-order chi connectivity index (χ0) is 14.4. The van der Waals surface area contributed by atoms with Crippen molar-refractivity contribution < 1.29 is 16.9 Å². The lowest BCUT2D eigenvalue weighted by Crippen LogP contribution is -3.00. The summed E-state index contributed by atoms with van der Waals surface area (Å²) in [5.41, 5.74) is 0. The Bertz CT molecular complexity index is 234. The first-order valence-corrected chi connectivity index (χ1v) is 8.31. The maximum absolute atomic E-state index is 8.62. The second-order valence-electron chi connectivity index (χ2n) is 6.47. The minimum atomic E-state index is 0. The van der Waals surface area contributed by atoms with Crippen molar-refractivity contribution in [2.75, 3.05) is 27.2 Å². The maximum Gasteiger partial charge on any atom is 0.0914 e. The molecule has 0 saturated heterocycles. The summed E-state index contributed by atoms with van der Waals surface area (Å²) in [6.45, 7) is 4.49. The topological polar surface area (TPSA) is 23.8 Å². The quantitative estimate of drug-likeness (QED) is 0.377. The molecule has 20 heavy (non-hydrogen) atoms. The number of nitrogens with zero attached hydrogens (tertiary/aromatic N) is 2. The average Bonchev–Trinajstić information content (AvgIpc) is 2.38. The first-order chi connectivity index (χ1) is 9.12. The summed E-state index contributed by atoms with van der Waals surface area (Å²) in [6, 6.07) is 2.25. The Morgan fingerprint density at radius 2 is 1.20 bits per heavy atom. The van der Waals surface area contributed by atoms with Crippen LogP contribution in [-0.4, -0.2) is 31.7 Å². The van der Waals surface area contributed by atoms with Crippen LogP contribution in [0, 0.1) is 11.3 Å². The highest BCUT2D eigenvalue weighted by atomic mass is 35.5. The first-order valence-electron chi connectivity index (χ1n) is 8.31. The van der Waals surface area contributed by atoms with Crippen LogP contribution in [0.4, 0.5) is 0 Å². The predicted molar refractivity (Wildman–Crippen MR) is 83.9 cm³/mol. The van der Waals surface area contributed by atoms with Gasteiger partial charge in [0.2, 0.25) is 0 Å². The van der Waals surface area contributed by atoms with E-state index in [0.717, 1.165) is 11.0 Å². The normalized spacial score (nSPS) is 10.9. The molecule has 0 spiro atoms. The summed E-state index contributed by atoms with van der Waals surface area (Å²) in [6.07, 6.45) is 14.7. The summed E-state index contributed by atoms with van der Waals surface area (Å²) in [4.78, 5) is 0. The molecule has 3 heteroatoms. The van der Waals surface area contributed by atoms with Crippen LogP contribution < -0.4 is 12.4 Å². The largest absolute Gasteiger partial charge is 1.00 e. The summed E-state index contributed by atoms with van der Waals surface area (Å²) in [7, 11) is 4.48. The third-order valence-corrected chi connectivity index (χ3v) is 3.95. The molecule has 2 nitrogen and oxygen atoms in total. The van der Waals surface area contributed by atoms with E-state index in [1.165, 1.54) is 70.8 Å². The maximum atomic E-state index is 8.62. The highest BCUT2D eigenvalue weighted by Crippen LogP contribution is 2.11. The van der Waals surface area contributed by atoms with Gasteiger partial charge in [-0.05, 0) is 12.8 Å². The second-order valence-corrected chi connectivity index (χ2v) is 6.47. The van der Waals surface area contributed by atoms with E-state index in [1.807, 2.05) is 0 Å². The van der Waals surface area contributed by atoms with Crippen molar-refractivity contribution in [2.45, 2.75) is 77.6 Å². The molecular weight excluding hydrogens is 268 g/mol. The highest BCUT2D eigenvalue weighted by molar-refractivity contribution is 4.67. The number of nitriles is 1. The van der Waals surface area contributed by atoms with Crippen LogP contribution in [0.25, 0.3) is 0 Å². The van der Waals surface area contributed by atoms with Crippen LogP contribution in [-0.2, 0) is 0 Å². The highest BCUT2D eigenvalue weighted by Gasteiger charge is 2.13. The molecule has 0 saturated carbocycles. The van der Waals surface area contributed by atoms with Gasteiger partial charge in [0.1, 0.15) is 0 Å². The van der Waals surface area contributed by atoms with Gasteiger partial charge in [-0.15, -0.1) is 0 Å². The Balaban J connectivity index is 0. The lowest BCUT2D eigenvalue weighted by atomic mass is 10.1. The number of hydrogen-bond donors (Lipinski definition) is 0. The lowest BCUT2D eigenvalue weighted by Gasteiger charge is -2.28. The van der Waals surface area contributed by atoms with E-state index in [4.69, 9.17) is 5.26 Å². The molecule has 0 atom stereocenters. The molecule has 0 aromatic heterocycles. The molecule has 0 radical (unpaired) electrons. The van der Waals surface area contributed by atoms with E-state index in [9.17, 15) is 0 Å². The SMILES string of the molecule is CCCCCCCCCCCC[N+](C)(C)CCC#N.[Cl-]. The van der Waals surface area contributed by atoms with Crippen LogP contribution >= 0.6 is 0 Å². The number of quaternary nitrogens is 1. The third kappa shape index (κ3) is 15.8. The second kappa shape index (κ2) is 15.1. The summed E-state index contributed by atoms with van der Waals surface area (Å²) >= 11 is 0. The smallest absolute Gasteiger partial charge is 0.0914 e. The van der Waals surface area contributed by atoms with Crippen LogP contribution in [0.3, 0.4) is 0 Å². The van der Waals surface area contributed by atoms with Gasteiger partial charge in [-0.2, -0.15) is 5.26 Å². The van der Waals surface area contributed by atoms with Gasteiger partial charge < -0.3 is 16.9 Å². The predicted octanol–water partition coefficient (Wildman–Crippen LogP) is 1.90. The molecule has 0 aromatic carbocycles. The van der Waals surface area contributed by atoms with Crippen molar-refractivity contribution in [3.8, 4) is 6.07 Å². The standard InChI is InChI=1S/C17H35N2.ClH/c1-4-5-6-7-8-9-10-11-12-13-16-19(2,3)17-14-15-18;/h4-14,16-17H2,1-3H3;1H/q+1;/p-1. The number of unbranched alkanes of at least 4 members (excludes halogenated alkanes) is 9. The van der Waals surface area contributed by atoms with Crippen LogP contribution in [0.2, 0.25) is 0 Å². The molecule has 0 rings (SSSR count). The monoisotopic (exact) mass is 302 g/mol. The van der Waals surface area contributed by atoms with Crippen molar-refractivity contribution in [3.63, 3.8) is 0 Å². The third-order valence-electron chi connectivity index (χ3n) is 3.95. The molecule has 0 amide bonds. The van der Waals surface area contributed by atoms with Crippen molar-refractivity contribution in [1.29, 1.82) is 5.26 Å². The molecule has 0 aromatic rings. The fourth-order valence-corrected chi connectivity index (χ4v) is 2.49. The van der Waals surface area contributed by atoms with E-state index < -0.39 is 0 Å². The molecular formula is C17H35ClN2. The molecule has 0 aliphatic rings. The van der Waals surface area contributed by atoms with Crippen molar-refractivity contribution in [3.05, 3.63) is 0 Å². The van der Waals surface area contributed by atoms with Crippen LogP contribution in [0.5, 0.6) is 0 Å². The zero-order valence-electron chi connectivity index (χ0n) is 14.0. The Morgan fingerprint density at radius 1 is 0.750 bits per heavy atom. The minimum absolute atomic E-state index is 0. The summed E-state index contributed by atoms with van der Waals surface area (Å²) in [5.74, 6) is 0. The lowest BCUT2D eigenvalue weighted by molar-refractivity contribution is -0.890. The van der Waals surface area contributed by atoms with Gasteiger partial charge in [0.05, 0.1) is 39.7 Å². The molecule has 120 valence electrons. The van der Waals surface area contributed by atoms with Crippen molar-refractivity contribution in [2.24, 2.45) is 0 Å². The Kier molecular flexibility index (Phi) is 16.7. The van der Waals surface area contributed by atoms with Crippen molar-refractivity contribution in [1.82, 2.24) is 0 Å². The van der Waals surface area contributed by atoms with Crippen molar-refractivity contribution >= 4 is 0 Å². The molecule has 0 N–H and O–H groups in total. The Morgan fingerprint density at radius 3 is 1.65 bits per heavy atom. The fourth-order valence-electron chi connectivity index (χ4n) is 2.49. The number of halogens is 1. The van der Waals surface area contributed by atoms with E-state index >= 15 is 0 Å². The van der Waals surface area contributed by atoms with Gasteiger partial charge >= 0.3 is 0 Å². The van der Waals surface area contributed by atoms with E-state index in [2.05, 4.69) is 27.1 Å². The molecule has 0 unspecified atom stereocenters. The fraction of sp³-hybridized carbons (Fsp3) is 0.941. The molecule has 0 aliphatic heterocycles. The van der Waals surface area contributed by atoms with E-state index in [1.54, 1.807) is 0 Å². The van der Waals surface area contributed by atoms with E-state index in [0.29, 0.717) is 6.42 Å². The van der Waals surface area contributed by atoms with Gasteiger partial charge in [-0.3, -0.25) is 0 Å². The molecule has 0 heterocycles. The number of hydrogen-bond acceptors (Lipinski definition) is 1.